The number of hydrogen-bond acceptors (Lipinski definition) is 3. The summed E-state index contributed by atoms with van der Waals surface area (Å²) in [6.45, 7) is 5.76. The van der Waals surface area contributed by atoms with Crippen molar-refractivity contribution >= 4 is 0 Å². The second kappa shape index (κ2) is 5.26. The molecule has 0 unspecified atom stereocenters. The van der Waals surface area contributed by atoms with E-state index >= 15 is 0 Å². The Morgan fingerprint density at radius 3 is 2.63 bits per heavy atom. The van der Waals surface area contributed by atoms with Gasteiger partial charge in [-0.25, -0.2) is 4.98 Å². The van der Waals surface area contributed by atoms with Gasteiger partial charge in [0.2, 0.25) is 0 Å². The Kier molecular flexibility index (Phi) is 3.69. The molecular weight excluding hydrogens is 240 g/mol. The van der Waals surface area contributed by atoms with Gasteiger partial charge >= 0.3 is 0 Å². The number of benzene rings is 1. The van der Waals surface area contributed by atoms with Crippen molar-refractivity contribution in [2.45, 2.75) is 27.2 Å². The molecule has 1 heterocycles. The summed E-state index contributed by atoms with van der Waals surface area (Å²) in [6, 6.07) is 5.75. The molecule has 2 rings (SSSR count). The predicted molar refractivity (Wildman–Crippen MR) is 75.7 cm³/mol. The van der Waals surface area contributed by atoms with Gasteiger partial charge in [-0.3, -0.25) is 4.79 Å². The Morgan fingerprint density at radius 2 is 2.05 bits per heavy atom. The summed E-state index contributed by atoms with van der Waals surface area (Å²) in [5.74, 6) is 1.44. The zero-order chi connectivity index (χ0) is 14.0. The first kappa shape index (κ1) is 13.3. The van der Waals surface area contributed by atoms with Crippen LogP contribution in [-0.2, 0) is 6.42 Å². The molecule has 0 atom stereocenters. The Labute approximate surface area is 112 Å². The standard InChI is InChI=1S/C15H18N2O2/c1-5-12-10(3)15(18)17-14(16-12)11-6-7-13(19-4)9(2)8-11/h6-8H,5H2,1-4H3,(H,16,17,18). The van der Waals surface area contributed by atoms with Crippen LogP contribution in [0.4, 0.5) is 0 Å². The number of methoxy groups -OCH3 is 1. The topological polar surface area (TPSA) is 55.0 Å². The van der Waals surface area contributed by atoms with E-state index in [1.807, 2.05) is 32.0 Å². The average molecular weight is 258 g/mol. The summed E-state index contributed by atoms with van der Waals surface area (Å²) in [6.07, 6.45) is 0.748. The van der Waals surface area contributed by atoms with E-state index in [-0.39, 0.29) is 5.56 Å². The Balaban J connectivity index is 2.56. The highest BCUT2D eigenvalue weighted by molar-refractivity contribution is 5.58. The molecule has 0 amide bonds. The van der Waals surface area contributed by atoms with E-state index in [0.717, 1.165) is 29.0 Å². The molecule has 4 heteroatoms. The van der Waals surface area contributed by atoms with E-state index in [1.54, 1.807) is 14.0 Å². The molecule has 0 aliphatic heterocycles. The van der Waals surface area contributed by atoms with Gasteiger partial charge in [-0.2, -0.15) is 0 Å². The smallest absolute Gasteiger partial charge is 0.254 e. The van der Waals surface area contributed by atoms with E-state index in [9.17, 15) is 4.79 Å². The molecule has 0 radical (unpaired) electrons. The van der Waals surface area contributed by atoms with Crippen LogP contribution in [0.3, 0.4) is 0 Å². The molecule has 1 aromatic carbocycles. The number of nitrogens with zero attached hydrogens (tertiary/aromatic N) is 1. The molecule has 100 valence electrons. The molecular formula is C15H18N2O2. The monoisotopic (exact) mass is 258 g/mol. The number of aromatic nitrogens is 2. The number of ether oxygens (including phenoxy) is 1. The Morgan fingerprint density at radius 1 is 1.32 bits per heavy atom. The first-order valence-corrected chi connectivity index (χ1v) is 6.31. The van der Waals surface area contributed by atoms with Crippen LogP contribution in [0.1, 0.15) is 23.7 Å². The average Bonchev–Trinajstić information content (AvgIpc) is 2.41. The van der Waals surface area contributed by atoms with E-state index < -0.39 is 0 Å². The van der Waals surface area contributed by atoms with E-state index in [4.69, 9.17) is 4.74 Å². The fraction of sp³-hybridized carbons (Fsp3) is 0.333. The molecule has 0 aliphatic rings. The van der Waals surface area contributed by atoms with Gasteiger partial charge in [-0.1, -0.05) is 6.92 Å². The third-order valence-electron chi connectivity index (χ3n) is 3.26. The number of rotatable bonds is 3. The second-order valence-corrected chi connectivity index (χ2v) is 4.52. The maximum Gasteiger partial charge on any atom is 0.254 e. The summed E-state index contributed by atoms with van der Waals surface area (Å²) in [5, 5.41) is 0. The largest absolute Gasteiger partial charge is 0.496 e. The normalized spacial score (nSPS) is 10.5. The highest BCUT2D eigenvalue weighted by Gasteiger charge is 2.09. The van der Waals surface area contributed by atoms with Crippen LogP contribution < -0.4 is 10.3 Å². The van der Waals surface area contributed by atoms with Crippen LogP contribution in [0.15, 0.2) is 23.0 Å². The van der Waals surface area contributed by atoms with Gasteiger partial charge in [0.15, 0.2) is 0 Å². The van der Waals surface area contributed by atoms with Gasteiger partial charge in [-0.15, -0.1) is 0 Å². The quantitative estimate of drug-likeness (QED) is 0.920. The van der Waals surface area contributed by atoms with Gasteiger partial charge in [0.05, 0.1) is 12.8 Å². The van der Waals surface area contributed by atoms with Crippen molar-refractivity contribution in [1.82, 2.24) is 9.97 Å². The molecule has 4 nitrogen and oxygen atoms in total. The van der Waals surface area contributed by atoms with Gasteiger partial charge in [-0.05, 0) is 44.0 Å². The Bertz CT molecular complexity index is 660. The van der Waals surface area contributed by atoms with Crippen molar-refractivity contribution in [2.75, 3.05) is 7.11 Å². The summed E-state index contributed by atoms with van der Waals surface area (Å²) < 4.78 is 5.23. The second-order valence-electron chi connectivity index (χ2n) is 4.52. The summed E-state index contributed by atoms with van der Waals surface area (Å²) >= 11 is 0. The minimum Gasteiger partial charge on any atom is -0.496 e. The predicted octanol–water partition coefficient (Wildman–Crippen LogP) is 2.62. The number of nitrogens with one attached hydrogen (secondary N) is 1. The third-order valence-corrected chi connectivity index (χ3v) is 3.26. The van der Waals surface area contributed by atoms with Crippen LogP contribution in [-0.4, -0.2) is 17.1 Å². The molecule has 1 aromatic heterocycles. The molecule has 0 saturated heterocycles. The maximum absolute atomic E-state index is 11.9. The minimum atomic E-state index is -0.0738. The van der Waals surface area contributed by atoms with E-state index in [2.05, 4.69) is 9.97 Å². The summed E-state index contributed by atoms with van der Waals surface area (Å²) in [4.78, 5) is 19.2. The van der Waals surface area contributed by atoms with Crippen LogP contribution in [0, 0.1) is 13.8 Å². The van der Waals surface area contributed by atoms with Crippen molar-refractivity contribution in [2.24, 2.45) is 0 Å². The number of H-pyrrole nitrogens is 1. The minimum absolute atomic E-state index is 0.0738. The lowest BCUT2D eigenvalue weighted by Gasteiger charge is -2.09. The van der Waals surface area contributed by atoms with Crippen LogP contribution in [0.5, 0.6) is 5.75 Å². The lowest BCUT2D eigenvalue weighted by atomic mass is 10.1. The zero-order valence-electron chi connectivity index (χ0n) is 11.7. The first-order valence-electron chi connectivity index (χ1n) is 6.31. The maximum atomic E-state index is 11.9. The SMILES string of the molecule is CCc1nc(-c2ccc(OC)c(C)c2)[nH]c(=O)c1C. The van der Waals surface area contributed by atoms with Crippen molar-refractivity contribution in [1.29, 1.82) is 0 Å². The molecule has 19 heavy (non-hydrogen) atoms. The van der Waals surface area contributed by atoms with Crippen LogP contribution in [0.25, 0.3) is 11.4 Å². The van der Waals surface area contributed by atoms with Gasteiger partial charge < -0.3 is 9.72 Å². The molecule has 0 aliphatic carbocycles. The Hall–Kier alpha value is -2.10. The first-order chi connectivity index (χ1) is 9.06. The lowest BCUT2D eigenvalue weighted by molar-refractivity contribution is 0.412. The summed E-state index contributed by atoms with van der Waals surface area (Å²) in [7, 11) is 1.64. The molecule has 0 saturated carbocycles. The highest BCUT2D eigenvalue weighted by Crippen LogP contribution is 2.23. The molecule has 0 spiro atoms. The van der Waals surface area contributed by atoms with E-state index in [0.29, 0.717) is 11.4 Å². The van der Waals surface area contributed by atoms with E-state index in [1.165, 1.54) is 0 Å². The fourth-order valence-corrected chi connectivity index (χ4v) is 2.09. The zero-order valence-corrected chi connectivity index (χ0v) is 11.7. The fourth-order valence-electron chi connectivity index (χ4n) is 2.09. The van der Waals surface area contributed by atoms with Gasteiger partial charge in [0.1, 0.15) is 11.6 Å². The van der Waals surface area contributed by atoms with Crippen LogP contribution in [0.2, 0.25) is 0 Å². The van der Waals surface area contributed by atoms with Crippen molar-refractivity contribution in [3.8, 4) is 17.1 Å². The third kappa shape index (κ3) is 2.52. The molecule has 2 aromatic rings. The van der Waals surface area contributed by atoms with Crippen molar-refractivity contribution in [3.05, 3.63) is 45.4 Å². The number of aromatic amines is 1. The highest BCUT2D eigenvalue weighted by atomic mass is 16.5. The number of aryl methyl sites for hydroxylation is 2. The molecule has 0 fully saturated rings. The van der Waals surface area contributed by atoms with Gasteiger partial charge in [0.25, 0.3) is 5.56 Å². The van der Waals surface area contributed by atoms with Crippen molar-refractivity contribution < 1.29 is 4.74 Å². The lowest BCUT2D eigenvalue weighted by Crippen LogP contribution is -2.15. The summed E-state index contributed by atoms with van der Waals surface area (Å²) in [5.41, 5.74) is 3.37. The van der Waals surface area contributed by atoms with Gasteiger partial charge in [0, 0.05) is 11.1 Å². The molecule has 1 N–H and O–H groups in total. The molecule has 0 bridgehead atoms. The van der Waals surface area contributed by atoms with Crippen LogP contribution >= 0.6 is 0 Å². The van der Waals surface area contributed by atoms with Crippen molar-refractivity contribution in [3.63, 3.8) is 0 Å². The number of hydrogen-bond donors (Lipinski definition) is 1.